The van der Waals surface area contributed by atoms with Crippen LogP contribution >= 0.6 is 0 Å². The third-order valence-electron chi connectivity index (χ3n) is 0. The molecule has 0 heterocycles. The molecule has 0 amide bonds. The van der Waals surface area contributed by atoms with Crippen molar-refractivity contribution in [3.63, 3.8) is 0 Å². The molecule has 4 heteroatoms. The van der Waals surface area contributed by atoms with Crippen molar-refractivity contribution in [2.75, 3.05) is 0 Å². The summed E-state index contributed by atoms with van der Waals surface area (Å²) >= 11 is 1.69. The molecule has 1 nitrogen and oxygen atoms in total. The zero-order valence-corrected chi connectivity index (χ0v) is 9.63. The van der Waals surface area contributed by atoms with E-state index in [-0.39, 0.29) is 43.3 Å². The van der Waals surface area contributed by atoms with Crippen LogP contribution in [0.5, 0.6) is 0 Å². The Morgan fingerprint density at radius 1 is 1.25 bits per heavy atom. The summed E-state index contributed by atoms with van der Waals surface area (Å²) in [5.74, 6) is 0. The Morgan fingerprint density at radius 2 is 1.25 bits per heavy atom. The van der Waals surface area contributed by atoms with Crippen LogP contribution in [0.4, 0.5) is 0 Å². The number of rotatable bonds is 0. The summed E-state index contributed by atoms with van der Waals surface area (Å²) in [6.45, 7) is 0. The summed E-state index contributed by atoms with van der Waals surface area (Å²) in [5.41, 5.74) is 0. The van der Waals surface area contributed by atoms with Gasteiger partial charge in [-0.1, -0.05) is 0 Å². The molecule has 0 aromatic rings. The fourth-order valence-electron chi connectivity index (χ4n) is 0. The van der Waals surface area contributed by atoms with Crippen LogP contribution in [0.1, 0.15) is 0 Å². The van der Waals surface area contributed by atoms with Crippen LogP contribution in [0, 0.1) is 0 Å². The number of hydrogen-bond donors (Lipinski definition) is 0. The Bertz CT molecular complexity index is 8.00. The molecule has 0 aliphatic heterocycles. The average Bonchev–Trinajstić information content (AvgIpc) is 1.00. The molecule has 0 aromatic heterocycles. The molecule has 0 fully saturated rings. The molecular weight excluding hydrogens is 336 g/mol. The van der Waals surface area contributed by atoms with Gasteiger partial charge in [0.05, 0.1) is 0 Å². The van der Waals surface area contributed by atoms with Gasteiger partial charge in [-0.05, 0) is 0 Å². The molecule has 29 valence electrons. The van der Waals surface area contributed by atoms with Gasteiger partial charge in [-0.15, -0.1) is 0 Å². The molecule has 0 saturated carbocycles. The third kappa shape index (κ3) is 9.30. The van der Waals surface area contributed by atoms with Gasteiger partial charge in [-0.3, -0.25) is 0 Å². The minimum absolute atomic E-state index is 0. The van der Waals surface area contributed by atoms with Gasteiger partial charge in [-0.25, -0.2) is 0 Å². The second-order valence-corrected chi connectivity index (χ2v) is 0. The normalized spacial score (nSPS) is 1.00. The van der Waals surface area contributed by atoms with Gasteiger partial charge < -0.3 is 0 Å². The van der Waals surface area contributed by atoms with Crippen molar-refractivity contribution in [3.8, 4) is 0 Å². The first-order chi connectivity index (χ1) is 1.00. The predicted molar refractivity (Wildman–Crippen MR) is 10.6 cm³/mol. The van der Waals surface area contributed by atoms with Gasteiger partial charge in [0, 0.05) is 17.1 Å². The van der Waals surface area contributed by atoms with E-state index >= 15 is 0 Å². The second-order valence-electron chi connectivity index (χ2n) is 0. The Labute approximate surface area is 62.5 Å². The average molecular weight is 339 g/mol. The maximum atomic E-state index is 8.06. The van der Waals surface area contributed by atoms with Crippen molar-refractivity contribution in [2.24, 2.45) is 0 Å². The van der Waals surface area contributed by atoms with Crippen LogP contribution in [0.15, 0.2) is 0 Å². The van der Waals surface area contributed by atoms with E-state index in [2.05, 4.69) is 0 Å². The topological polar surface area (TPSA) is 17.1 Å². The van der Waals surface area contributed by atoms with Crippen LogP contribution in [0.2, 0.25) is 0 Å². The minimum atomic E-state index is 0. The molecule has 0 saturated heterocycles. The zero-order chi connectivity index (χ0) is 2.00. The van der Waals surface area contributed by atoms with Gasteiger partial charge in [0.1, 0.15) is 0 Å². The van der Waals surface area contributed by atoms with Crippen molar-refractivity contribution >= 4 is 26.2 Å². The van der Waals surface area contributed by atoms with Gasteiger partial charge in [-0.2, -0.15) is 0 Å². The van der Waals surface area contributed by atoms with E-state index in [9.17, 15) is 0 Å². The summed E-state index contributed by atoms with van der Waals surface area (Å²) in [5, 5.41) is 0. The molecule has 0 aliphatic carbocycles. The Balaban J connectivity index is -0.00000000500. The first kappa shape index (κ1) is 17.2. The molecule has 0 radical (unpaired) electrons. The second kappa shape index (κ2) is 22.1. The molecule has 0 rings (SSSR count). The molecule has 4 heavy (non-hydrogen) atoms. The summed E-state index contributed by atoms with van der Waals surface area (Å²) in [7, 11) is 0. The van der Waals surface area contributed by atoms with E-state index < -0.39 is 0 Å². The zero-order valence-electron chi connectivity index (χ0n) is 1.85. The van der Waals surface area contributed by atoms with E-state index in [1.54, 1.807) is 15.9 Å². The van der Waals surface area contributed by atoms with E-state index in [0.717, 1.165) is 0 Å². The molecule has 0 N–H and O–H groups in total. The summed E-state index contributed by atoms with van der Waals surface area (Å²) in [6, 6.07) is 0. The fraction of sp³-hybridized carbons (Fsp3) is 0. The molecular formula is H3BiFeMnO. The third-order valence-corrected chi connectivity index (χ3v) is 0. The van der Waals surface area contributed by atoms with Crippen molar-refractivity contribution < 1.29 is 36.8 Å². The first-order valence-electron chi connectivity index (χ1n) is 0.154. The Kier molecular flexibility index (Phi) is 95.0. The Morgan fingerprint density at radius 3 is 1.25 bits per heavy atom. The summed E-state index contributed by atoms with van der Waals surface area (Å²) in [6.07, 6.45) is 0. The summed E-state index contributed by atoms with van der Waals surface area (Å²) < 4.78 is 8.06. The molecule has 0 atom stereocenters. The monoisotopic (exact) mass is 339 g/mol. The molecule has 0 bridgehead atoms. The van der Waals surface area contributed by atoms with Crippen molar-refractivity contribution in [1.82, 2.24) is 0 Å². The van der Waals surface area contributed by atoms with Gasteiger partial charge >= 0.3 is 46.0 Å². The van der Waals surface area contributed by atoms with E-state index in [4.69, 9.17) is 3.83 Å². The van der Waals surface area contributed by atoms with Crippen molar-refractivity contribution in [2.45, 2.75) is 0 Å². The van der Waals surface area contributed by atoms with Crippen LogP contribution in [0.25, 0.3) is 0 Å². The van der Waals surface area contributed by atoms with Crippen molar-refractivity contribution in [3.05, 3.63) is 0 Å². The molecule has 0 aliphatic rings. The number of hydrogen-bond acceptors (Lipinski definition) is 1. The van der Waals surface area contributed by atoms with E-state index in [1.807, 2.05) is 0 Å². The quantitative estimate of drug-likeness (QED) is 0.502. The Hall–Kier alpha value is 1.72. The van der Waals surface area contributed by atoms with E-state index in [0.29, 0.717) is 0 Å². The maximum absolute atomic E-state index is 8.06. The molecule has 0 unspecified atom stereocenters. The van der Waals surface area contributed by atoms with Crippen molar-refractivity contribution in [1.29, 1.82) is 0 Å². The van der Waals surface area contributed by atoms with Crippen LogP contribution in [-0.4, -0.2) is 26.2 Å². The standard InChI is InChI=1S/Bi.Fe.Mn.O.3H. The SMILES string of the molecule is [BiH3].[Fe].[O]=[Mn]. The van der Waals surface area contributed by atoms with E-state index in [1.165, 1.54) is 0 Å². The molecule has 0 spiro atoms. The summed E-state index contributed by atoms with van der Waals surface area (Å²) in [4.78, 5) is 0. The fourth-order valence-corrected chi connectivity index (χ4v) is 0. The van der Waals surface area contributed by atoms with Crippen LogP contribution in [0.3, 0.4) is 0 Å². The van der Waals surface area contributed by atoms with Crippen LogP contribution in [-0.2, 0) is 36.8 Å². The first-order valence-corrected chi connectivity index (χ1v) is 0.636. The molecule has 0 aromatic carbocycles. The van der Waals surface area contributed by atoms with Gasteiger partial charge in [0.15, 0.2) is 0 Å². The predicted octanol–water partition coefficient (Wildman–Crippen LogP) is -1.31. The van der Waals surface area contributed by atoms with Gasteiger partial charge in [0.2, 0.25) is 0 Å². The van der Waals surface area contributed by atoms with Crippen LogP contribution < -0.4 is 0 Å². The van der Waals surface area contributed by atoms with Gasteiger partial charge in [0.25, 0.3) is 0 Å².